The summed E-state index contributed by atoms with van der Waals surface area (Å²) in [6.07, 6.45) is -4.76. The van der Waals surface area contributed by atoms with Crippen molar-refractivity contribution in [2.45, 2.75) is 6.18 Å². The van der Waals surface area contributed by atoms with E-state index >= 15 is 0 Å². The second-order valence-electron chi connectivity index (χ2n) is 3.70. The summed E-state index contributed by atoms with van der Waals surface area (Å²) in [4.78, 5) is 0.604. The van der Waals surface area contributed by atoms with Crippen LogP contribution in [-0.2, 0) is 6.18 Å². The van der Waals surface area contributed by atoms with Gasteiger partial charge in [-0.3, -0.25) is 0 Å². The molecule has 0 unspecified atom stereocenters. The van der Waals surface area contributed by atoms with Crippen LogP contribution in [0, 0.1) is 17.1 Å². The van der Waals surface area contributed by atoms with Gasteiger partial charge in [-0.2, -0.15) is 18.4 Å². The maximum absolute atomic E-state index is 13.1. The summed E-state index contributed by atoms with van der Waals surface area (Å²) in [5, 5.41) is 8.75. The molecule has 0 bridgehead atoms. The topological polar surface area (TPSA) is 49.8 Å². The summed E-state index contributed by atoms with van der Waals surface area (Å²) in [6, 6.07) is 5.92. The van der Waals surface area contributed by atoms with Crippen LogP contribution in [0.2, 0.25) is 0 Å². The first-order valence-electron chi connectivity index (χ1n) is 4.99. The van der Waals surface area contributed by atoms with Crippen LogP contribution in [0.3, 0.4) is 0 Å². The van der Waals surface area contributed by atoms with Crippen LogP contribution in [0.15, 0.2) is 24.3 Å². The fourth-order valence-electron chi connectivity index (χ4n) is 1.53. The van der Waals surface area contributed by atoms with Crippen LogP contribution >= 0.6 is 11.3 Å². The fourth-order valence-corrected chi connectivity index (χ4v) is 2.40. The zero-order valence-electron chi connectivity index (χ0n) is 9.25. The van der Waals surface area contributed by atoms with Crippen LogP contribution in [0.5, 0.6) is 0 Å². The van der Waals surface area contributed by atoms with Crippen molar-refractivity contribution in [1.82, 2.24) is 0 Å². The molecule has 2 nitrogen and oxygen atoms in total. The monoisotopic (exact) mass is 286 g/mol. The Hall–Kier alpha value is -2.07. The highest BCUT2D eigenvalue weighted by Gasteiger charge is 2.34. The quantitative estimate of drug-likeness (QED) is 0.805. The molecule has 1 aromatic carbocycles. The van der Waals surface area contributed by atoms with Crippen LogP contribution in [-0.4, -0.2) is 0 Å². The van der Waals surface area contributed by atoms with Crippen molar-refractivity contribution in [3.05, 3.63) is 40.5 Å². The third-order valence-corrected chi connectivity index (χ3v) is 3.52. The first-order valence-corrected chi connectivity index (χ1v) is 5.81. The molecule has 0 aliphatic rings. The fraction of sp³-hybridized carbons (Fsp3) is 0.0833. The molecule has 2 aromatic rings. The first-order chi connectivity index (χ1) is 8.82. The average molecular weight is 286 g/mol. The van der Waals surface area contributed by atoms with Crippen LogP contribution < -0.4 is 5.73 Å². The van der Waals surface area contributed by atoms with Gasteiger partial charge in [-0.05, 0) is 23.8 Å². The maximum Gasteiger partial charge on any atom is 0.419 e. The molecule has 0 atom stereocenters. The molecule has 98 valence electrons. The van der Waals surface area contributed by atoms with E-state index in [-0.39, 0.29) is 16.1 Å². The highest BCUT2D eigenvalue weighted by atomic mass is 32.1. The lowest BCUT2D eigenvalue weighted by atomic mass is 10.1. The number of hydrogen-bond donors (Lipinski definition) is 1. The van der Waals surface area contributed by atoms with E-state index in [1.165, 1.54) is 12.1 Å². The van der Waals surface area contributed by atoms with Gasteiger partial charge in [-0.25, -0.2) is 4.39 Å². The molecule has 0 fully saturated rings. The molecule has 0 radical (unpaired) electrons. The predicted octanol–water partition coefficient (Wildman–Crippen LogP) is 4.03. The summed E-state index contributed by atoms with van der Waals surface area (Å²) in [6.45, 7) is 0. The molecular weight excluding hydrogens is 280 g/mol. The Labute approximate surface area is 109 Å². The molecule has 7 heteroatoms. The van der Waals surface area contributed by atoms with Gasteiger partial charge in [-0.15, -0.1) is 11.3 Å². The highest BCUT2D eigenvalue weighted by Crippen LogP contribution is 2.37. The Kier molecular flexibility index (Phi) is 3.20. The average Bonchev–Trinajstić information content (AvgIpc) is 2.69. The molecule has 1 aromatic heterocycles. The van der Waals surface area contributed by atoms with Crippen LogP contribution in [0.4, 0.5) is 23.2 Å². The molecule has 0 saturated heterocycles. The van der Waals surface area contributed by atoms with Gasteiger partial charge >= 0.3 is 6.18 Å². The molecule has 0 spiro atoms. The number of nitrogens with two attached hydrogens (primary N) is 1. The summed E-state index contributed by atoms with van der Waals surface area (Å²) >= 11 is 0.962. The number of nitrogen functional groups attached to an aromatic ring is 1. The zero-order valence-corrected chi connectivity index (χ0v) is 10.1. The molecule has 19 heavy (non-hydrogen) atoms. The number of anilines is 1. The van der Waals surface area contributed by atoms with Gasteiger partial charge in [0.05, 0.1) is 11.3 Å². The number of rotatable bonds is 1. The lowest BCUT2D eigenvalue weighted by molar-refractivity contribution is -0.139. The van der Waals surface area contributed by atoms with Gasteiger partial charge in [0.25, 0.3) is 0 Å². The van der Waals surface area contributed by atoms with E-state index in [9.17, 15) is 17.6 Å². The zero-order chi connectivity index (χ0) is 14.2. The number of benzene rings is 1. The lowest BCUT2D eigenvalue weighted by Crippen LogP contribution is -2.07. The number of alkyl halides is 3. The number of halogens is 4. The van der Waals surface area contributed by atoms with E-state index in [0.717, 1.165) is 17.4 Å². The number of nitrogens with zero attached hydrogens (tertiary/aromatic N) is 1. The minimum absolute atomic E-state index is 0.173. The van der Waals surface area contributed by atoms with Crippen molar-refractivity contribution in [3.63, 3.8) is 0 Å². The summed E-state index contributed by atoms with van der Waals surface area (Å²) < 4.78 is 50.9. The van der Waals surface area contributed by atoms with Gasteiger partial charge in [0.1, 0.15) is 16.8 Å². The first kappa shape index (κ1) is 13.4. The Bertz CT molecular complexity index is 667. The Morgan fingerprint density at radius 3 is 2.42 bits per heavy atom. The summed E-state index contributed by atoms with van der Waals surface area (Å²) in [5.74, 6) is -1.33. The molecule has 0 aliphatic heterocycles. The number of nitriles is 1. The number of hydrogen-bond acceptors (Lipinski definition) is 3. The van der Waals surface area contributed by atoms with Crippen LogP contribution in [0.1, 0.15) is 10.4 Å². The molecule has 1 heterocycles. The minimum atomic E-state index is -4.76. The summed E-state index contributed by atoms with van der Waals surface area (Å²) in [5.41, 5.74) is 4.56. The van der Waals surface area contributed by atoms with E-state index < -0.39 is 17.6 Å². The molecule has 0 aliphatic carbocycles. The van der Waals surface area contributed by atoms with Crippen molar-refractivity contribution in [3.8, 4) is 16.5 Å². The standard InChI is InChI=1S/C12H6F4N2S/c13-8-2-1-6(3-7(8)12(14,15)16)10-4-9(18)11(5-17)19-10/h1-4H,18H2. The third kappa shape index (κ3) is 2.53. The number of thiophene rings is 1. The molecule has 2 N–H and O–H groups in total. The second-order valence-corrected chi connectivity index (χ2v) is 4.75. The normalized spacial score (nSPS) is 11.3. The molecular formula is C12H6F4N2S. The van der Waals surface area contributed by atoms with Crippen molar-refractivity contribution >= 4 is 17.0 Å². The van der Waals surface area contributed by atoms with Gasteiger partial charge in [-0.1, -0.05) is 6.07 Å². The van der Waals surface area contributed by atoms with Crippen LogP contribution in [0.25, 0.3) is 10.4 Å². The van der Waals surface area contributed by atoms with E-state index in [0.29, 0.717) is 10.9 Å². The minimum Gasteiger partial charge on any atom is -0.397 e. The van der Waals surface area contributed by atoms with Crippen molar-refractivity contribution in [2.75, 3.05) is 5.73 Å². The summed E-state index contributed by atoms with van der Waals surface area (Å²) in [7, 11) is 0. The SMILES string of the molecule is N#Cc1sc(-c2ccc(F)c(C(F)(F)F)c2)cc1N. The van der Waals surface area contributed by atoms with E-state index in [4.69, 9.17) is 11.0 Å². The Morgan fingerprint density at radius 1 is 1.21 bits per heavy atom. The smallest absolute Gasteiger partial charge is 0.397 e. The second kappa shape index (κ2) is 4.55. The van der Waals surface area contributed by atoms with Gasteiger partial charge in [0.15, 0.2) is 0 Å². The van der Waals surface area contributed by atoms with Gasteiger partial charge in [0.2, 0.25) is 0 Å². The molecule has 2 rings (SSSR count). The Balaban J connectivity index is 2.55. The van der Waals surface area contributed by atoms with Gasteiger partial charge in [0, 0.05) is 4.88 Å². The predicted molar refractivity (Wildman–Crippen MR) is 63.8 cm³/mol. The van der Waals surface area contributed by atoms with Crippen molar-refractivity contribution < 1.29 is 17.6 Å². The highest BCUT2D eigenvalue weighted by molar-refractivity contribution is 7.16. The van der Waals surface area contributed by atoms with Crippen molar-refractivity contribution in [1.29, 1.82) is 5.26 Å². The molecule has 0 saturated carbocycles. The van der Waals surface area contributed by atoms with Crippen molar-refractivity contribution in [2.24, 2.45) is 0 Å². The Morgan fingerprint density at radius 2 is 1.89 bits per heavy atom. The largest absolute Gasteiger partial charge is 0.419 e. The third-order valence-electron chi connectivity index (χ3n) is 2.42. The maximum atomic E-state index is 13.1. The van der Waals surface area contributed by atoms with Gasteiger partial charge < -0.3 is 5.73 Å². The van der Waals surface area contributed by atoms with E-state index in [1.807, 2.05) is 6.07 Å². The van der Waals surface area contributed by atoms with E-state index in [1.54, 1.807) is 0 Å². The lowest BCUT2D eigenvalue weighted by Gasteiger charge is -2.09. The molecule has 0 amide bonds. The van der Waals surface area contributed by atoms with E-state index in [2.05, 4.69) is 0 Å².